The number of aromatic nitrogens is 2. The predicted molar refractivity (Wildman–Crippen MR) is 64.9 cm³/mol. The van der Waals surface area contributed by atoms with Gasteiger partial charge in [0.05, 0.1) is 11.3 Å². The van der Waals surface area contributed by atoms with Gasteiger partial charge in [0, 0.05) is 0 Å². The Morgan fingerprint density at radius 1 is 1.35 bits per heavy atom. The van der Waals surface area contributed by atoms with Crippen molar-refractivity contribution in [2.24, 2.45) is 0 Å². The van der Waals surface area contributed by atoms with Crippen molar-refractivity contribution < 1.29 is 14.7 Å². The molecule has 1 aromatic carbocycles. The molecule has 1 heterocycles. The lowest BCUT2D eigenvalue weighted by Crippen LogP contribution is -1.84. The molecule has 0 aliphatic carbocycles. The second kappa shape index (κ2) is 5.09. The summed E-state index contributed by atoms with van der Waals surface area (Å²) in [6, 6.07) is 4.61. The van der Waals surface area contributed by atoms with Crippen LogP contribution in [0.1, 0.15) is 12.7 Å². The summed E-state index contributed by atoms with van der Waals surface area (Å²) in [5, 5.41) is 22.8. The number of rotatable bonds is 4. The van der Waals surface area contributed by atoms with Crippen LogP contribution in [0.15, 0.2) is 22.7 Å². The summed E-state index contributed by atoms with van der Waals surface area (Å²) in [7, 11) is 0. The minimum atomic E-state index is -0.245. The number of phenols is 2. The first-order valence-corrected chi connectivity index (χ1v) is 6.29. The number of aromatic hydroxyl groups is 2. The van der Waals surface area contributed by atoms with Crippen molar-refractivity contribution in [2.45, 2.75) is 12.7 Å². The topological polar surface area (TPSA) is 79.4 Å². The van der Waals surface area contributed by atoms with Gasteiger partial charge in [-0.3, -0.25) is 0 Å². The molecule has 0 atom stereocenters. The van der Waals surface area contributed by atoms with Gasteiger partial charge in [0.25, 0.3) is 5.89 Å². The molecule has 0 saturated heterocycles. The number of hydrogen-bond acceptors (Lipinski definition) is 6. The number of nitrogens with zero attached hydrogens (tertiary/aromatic N) is 2. The van der Waals surface area contributed by atoms with Crippen molar-refractivity contribution in [2.75, 3.05) is 5.75 Å². The van der Waals surface area contributed by atoms with Gasteiger partial charge in [0.2, 0.25) is 0 Å². The maximum absolute atomic E-state index is 9.65. The van der Waals surface area contributed by atoms with E-state index < -0.39 is 0 Å². The van der Waals surface area contributed by atoms with Gasteiger partial charge in [-0.1, -0.05) is 18.1 Å². The average Bonchev–Trinajstić information content (AvgIpc) is 2.78. The van der Waals surface area contributed by atoms with E-state index >= 15 is 0 Å². The van der Waals surface area contributed by atoms with E-state index in [1.54, 1.807) is 23.9 Å². The number of phenolic OH excluding ortho intramolecular Hbond substituents is 2. The summed E-state index contributed by atoms with van der Waals surface area (Å²) in [5.74, 6) is 1.98. The Hall–Kier alpha value is -1.69. The van der Waals surface area contributed by atoms with Crippen molar-refractivity contribution in [3.63, 3.8) is 0 Å². The minimum absolute atomic E-state index is 0.204. The molecule has 6 heteroatoms. The van der Waals surface area contributed by atoms with Crippen molar-refractivity contribution in [1.82, 2.24) is 10.1 Å². The van der Waals surface area contributed by atoms with E-state index in [1.807, 2.05) is 6.92 Å². The first-order chi connectivity index (χ1) is 8.22. The molecule has 17 heavy (non-hydrogen) atoms. The van der Waals surface area contributed by atoms with Crippen LogP contribution in [0.3, 0.4) is 0 Å². The van der Waals surface area contributed by atoms with Crippen LogP contribution in [0.25, 0.3) is 11.5 Å². The van der Waals surface area contributed by atoms with E-state index in [0.29, 0.717) is 17.1 Å². The molecule has 2 rings (SSSR count). The molecule has 1 aromatic heterocycles. The summed E-state index contributed by atoms with van der Waals surface area (Å²) in [6.45, 7) is 2.05. The van der Waals surface area contributed by atoms with Crippen LogP contribution < -0.4 is 0 Å². The van der Waals surface area contributed by atoms with Crippen molar-refractivity contribution in [1.29, 1.82) is 0 Å². The highest BCUT2D eigenvalue weighted by Crippen LogP contribution is 2.35. The lowest BCUT2D eigenvalue weighted by Gasteiger charge is -2.00. The van der Waals surface area contributed by atoms with Crippen molar-refractivity contribution in [3.8, 4) is 23.0 Å². The van der Waals surface area contributed by atoms with Gasteiger partial charge in [-0.25, -0.2) is 0 Å². The molecule has 0 aliphatic heterocycles. The van der Waals surface area contributed by atoms with Crippen LogP contribution >= 0.6 is 11.8 Å². The van der Waals surface area contributed by atoms with Crippen LogP contribution in [0.2, 0.25) is 0 Å². The second-order valence-corrected chi connectivity index (χ2v) is 4.60. The highest BCUT2D eigenvalue weighted by molar-refractivity contribution is 7.98. The van der Waals surface area contributed by atoms with E-state index in [2.05, 4.69) is 10.1 Å². The van der Waals surface area contributed by atoms with Crippen LogP contribution in [0, 0.1) is 0 Å². The molecular formula is C11H12N2O3S. The predicted octanol–water partition coefficient (Wildman–Crippen LogP) is 2.40. The summed E-state index contributed by atoms with van der Waals surface area (Å²) >= 11 is 1.68. The zero-order chi connectivity index (χ0) is 12.3. The van der Waals surface area contributed by atoms with Crippen molar-refractivity contribution in [3.05, 3.63) is 24.0 Å². The maximum atomic E-state index is 9.65. The first kappa shape index (κ1) is 11.8. The summed E-state index contributed by atoms with van der Waals surface area (Å²) in [4.78, 5) is 4.15. The van der Waals surface area contributed by atoms with E-state index in [1.165, 1.54) is 6.07 Å². The fraction of sp³-hybridized carbons (Fsp3) is 0.273. The Bertz CT molecular complexity index is 513. The third-order valence-corrected chi connectivity index (χ3v) is 3.02. The number of para-hydroxylation sites is 1. The molecule has 0 bridgehead atoms. The lowest BCUT2D eigenvalue weighted by atomic mass is 10.2. The molecule has 0 aliphatic rings. The van der Waals surface area contributed by atoms with Gasteiger partial charge in [-0.15, -0.1) is 0 Å². The number of hydrogen-bond donors (Lipinski definition) is 2. The molecule has 0 saturated carbocycles. The molecule has 0 amide bonds. The van der Waals surface area contributed by atoms with Crippen molar-refractivity contribution >= 4 is 11.8 Å². The Morgan fingerprint density at radius 3 is 2.94 bits per heavy atom. The fourth-order valence-electron chi connectivity index (χ4n) is 1.32. The second-order valence-electron chi connectivity index (χ2n) is 3.33. The Morgan fingerprint density at radius 2 is 2.18 bits per heavy atom. The van der Waals surface area contributed by atoms with E-state index in [0.717, 1.165) is 5.75 Å². The Balaban J connectivity index is 2.27. The SMILES string of the molecule is CCSCc1noc(-c2cccc(O)c2O)n1. The molecule has 0 radical (unpaired) electrons. The number of benzene rings is 1. The average molecular weight is 252 g/mol. The third-order valence-electron chi connectivity index (χ3n) is 2.15. The summed E-state index contributed by atoms with van der Waals surface area (Å²) in [6.07, 6.45) is 0. The van der Waals surface area contributed by atoms with Gasteiger partial charge in [-0.05, 0) is 17.9 Å². The lowest BCUT2D eigenvalue weighted by molar-refractivity contribution is 0.396. The normalized spacial score (nSPS) is 10.6. The highest BCUT2D eigenvalue weighted by Gasteiger charge is 2.14. The fourth-order valence-corrected chi connectivity index (χ4v) is 1.82. The third kappa shape index (κ3) is 2.52. The molecule has 2 aromatic rings. The Labute approximate surface area is 102 Å². The van der Waals surface area contributed by atoms with Crippen LogP contribution in [-0.2, 0) is 5.75 Å². The standard InChI is InChI=1S/C11H12N2O3S/c1-2-17-6-9-12-11(16-13-9)7-4-3-5-8(14)10(7)15/h3-5,14-15H,2,6H2,1H3. The zero-order valence-electron chi connectivity index (χ0n) is 9.25. The highest BCUT2D eigenvalue weighted by atomic mass is 32.2. The molecule has 0 fully saturated rings. The molecule has 0 spiro atoms. The minimum Gasteiger partial charge on any atom is -0.504 e. The van der Waals surface area contributed by atoms with Gasteiger partial charge >= 0.3 is 0 Å². The molecule has 90 valence electrons. The summed E-state index contributed by atoms with van der Waals surface area (Å²) < 4.78 is 5.04. The largest absolute Gasteiger partial charge is 0.504 e. The van der Waals surface area contributed by atoms with Crippen LogP contribution in [-0.4, -0.2) is 26.1 Å². The van der Waals surface area contributed by atoms with Gasteiger partial charge in [0.15, 0.2) is 17.3 Å². The first-order valence-electron chi connectivity index (χ1n) is 5.14. The number of thioether (sulfide) groups is 1. The Kier molecular flexibility index (Phi) is 3.53. The smallest absolute Gasteiger partial charge is 0.261 e. The monoisotopic (exact) mass is 252 g/mol. The summed E-state index contributed by atoms with van der Waals surface area (Å²) in [5.41, 5.74) is 0.338. The molecule has 5 nitrogen and oxygen atoms in total. The maximum Gasteiger partial charge on any atom is 0.261 e. The van der Waals surface area contributed by atoms with Gasteiger partial charge < -0.3 is 14.7 Å². The molecule has 0 unspecified atom stereocenters. The van der Waals surface area contributed by atoms with E-state index in [4.69, 9.17) is 4.52 Å². The van der Waals surface area contributed by atoms with Gasteiger partial charge in [-0.2, -0.15) is 16.7 Å². The van der Waals surface area contributed by atoms with E-state index in [-0.39, 0.29) is 17.4 Å². The van der Waals surface area contributed by atoms with E-state index in [9.17, 15) is 10.2 Å². The molecule has 2 N–H and O–H groups in total. The quantitative estimate of drug-likeness (QED) is 0.813. The van der Waals surface area contributed by atoms with Crippen LogP contribution in [0.5, 0.6) is 11.5 Å². The van der Waals surface area contributed by atoms with Crippen LogP contribution in [0.4, 0.5) is 0 Å². The van der Waals surface area contributed by atoms with Gasteiger partial charge in [0.1, 0.15) is 0 Å². The molecular weight excluding hydrogens is 240 g/mol. The zero-order valence-corrected chi connectivity index (χ0v) is 10.1.